The first-order chi connectivity index (χ1) is 15.7. The number of amidine groups is 1. The topological polar surface area (TPSA) is 94.2 Å². The highest BCUT2D eigenvalue weighted by Crippen LogP contribution is 2.36. The highest BCUT2D eigenvalue weighted by molar-refractivity contribution is 5.92. The van der Waals surface area contributed by atoms with Crippen LogP contribution >= 0.6 is 0 Å². The lowest BCUT2D eigenvalue weighted by Crippen LogP contribution is -2.52. The molecule has 2 aromatic rings. The maximum Gasteiger partial charge on any atom is 0.410 e. The smallest absolute Gasteiger partial charge is 0.410 e. The normalized spacial score (nSPS) is 16.2. The van der Waals surface area contributed by atoms with Crippen molar-refractivity contribution in [3.05, 3.63) is 71.8 Å². The molecule has 1 heterocycles. The second kappa shape index (κ2) is 10.5. The maximum absolute atomic E-state index is 12.5. The fraction of sp³-hybridized carbons (Fsp3) is 0.423. The van der Waals surface area contributed by atoms with Crippen LogP contribution < -0.4 is 5.73 Å². The molecule has 0 aromatic heterocycles. The zero-order chi connectivity index (χ0) is 23.9. The van der Waals surface area contributed by atoms with Crippen LogP contribution in [0.3, 0.4) is 0 Å². The number of ether oxygens (including phenoxy) is 1. The van der Waals surface area contributed by atoms with Crippen molar-refractivity contribution >= 4 is 17.9 Å². The minimum atomic E-state index is -0.626. The molecule has 0 unspecified atom stereocenters. The highest BCUT2D eigenvalue weighted by Gasteiger charge is 2.42. The molecular weight excluding hydrogens is 418 g/mol. The van der Waals surface area contributed by atoms with E-state index in [0.29, 0.717) is 32.4 Å². The number of carbonyl (C=O) groups excluding carboxylic acids is 2. The Morgan fingerprint density at radius 3 is 2.15 bits per heavy atom. The van der Waals surface area contributed by atoms with E-state index < -0.39 is 17.0 Å². The predicted molar refractivity (Wildman–Crippen MR) is 128 cm³/mol. The van der Waals surface area contributed by atoms with E-state index in [9.17, 15) is 9.59 Å². The molecular formula is C26H33N3O4. The van der Waals surface area contributed by atoms with Crippen LogP contribution in [0.15, 0.2) is 65.8 Å². The molecule has 0 spiro atoms. The second-order valence-corrected chi connectivity index (χ2v) is 9.34. The summed E-state index contributed by atoms with van der Waals surface area (Å²) in [7, 11) is 0. The molecule has 3 rings (SSSR count). The van der Waals surface area contributed by atoms with Crippen molar-refractivity contribution in [1.29, 1.82) is 0 Å². The first-order valence-corrected chi connectivity index (χ1v) is 11.3. The molecule has 0 saturated carbocycles. The average molecular weight is 452 g/mol. The second-order valence-electron chi connectivity index (χ2n) is 9.34. The minimum absolute atomic E-state index is 0.214. The number of rotatable bonds is 6. The Labute approximate surface area is 195 Å². The molecule has 1 aliphatic heterocycles. The number of amides is 1. The third-order valence-corrected chi connectivity index (χ3v) is 5.79. The van der Waals surface area contributed by atoms with Crippen LogP contribution in [0.5, 0.6) is 0 Å². The molecule has 0 atom stereocenters. The number of piperidine rings is 1. The number of likely N-dealkylation sites (tertiary alicyclic amines) is 1. The molecule has 1 amide bonds. The van der Waals surface area contributed by atoms with E-state index in [1.54, 1.807) is 4.90 Å². The van der Waals surface area contributed by atoms with Crippen LogP contribution in [0.25, 0.3) is 0 Å². The summed E-state index contributed by atoms with van der Waals surface area (Å²) in [5.41, 5.74) is 7.29. The van der Waals surface area contributed by atoms with E-state index in [1.807, 2.05) is 81.4 Å². The molecule has 7 nitrogen and oxygen atoms in total. The molecule has 1 fully saturated rings. The van der Waals surface area contributed by atoms with Crippen LogP contribution in [0.1, 0.15) is 51.2 Å². The zero-order valence-corrected chi connectivity index (χ0v) is 19.6. The Hall–Kier alpha value is -3.35. The SMILES string of the molecule is CC(C)(C)OC(=O)N1CCC(/C(N)=N/OC(=O)CCc2ccccc2)(c2ccccc2)CC1. The fourth-order valence-corrected chi connectivity index (χ4v) is 3.97. The van der Waals surface area contributed by atoms with Gasteiger partial charge >= 0.3 is 12.1 Å². The van der Waals surface area contributed by atoms with Gasteiger partial charge in [0.2, 0.25) is 0 Å². The number of hydrogen-bond acceptors (Lipinski definition) is 5. The summed E-state index contributed by atoms with van der Waals surface area (Å²) >= 11 is 0. The Morgan fingerprint density at radius 2 is 1.58 bits per heavy atom. The van der Waals surface area contributed by atoms with Crippen LogP contribution in [0.2, 0.25) is 0 Å². The number of nitrogens with zero attached hydrogens (tertiary/aromatic N) is 2. The number of hydrogen-bond donors (Lipinski definition) is 1. The minimum Gasteiger partial charge on any atom is -0.444 e. The largest absolute Gasteiger partial charge is 0.444 e. The van der Waals surface area contributed by atoms with Gasteiger partial charge in [-0.1, -0.05) is 65.8 Å². The van der Waals surface area contributed by atoms with Gasteiger partial charge in [-0.25, -0.2) is 9.59 Å². The van der Waals surface area contributed by atoms with Crippen molar-refractivity contribution in [2.75, 3.05) is 13.1 Å². The zero-order valence-electron chi connectivity index (χ0n) is 19.6. The monoisotopic (exact) mass is 451 g/mol. The van der Waals surface area contributed by atoms with Crippen LogP contribution in [0.4, 0.5) is 4.79 Å². The van der Waals surface area contributed by atoms with Gasteiger partial charge < -0.3 is 20.2 Å². The van der Waals surface area contributed by atoms with Gasteiger partial charge in [-0.15, -0.1) is 0 Å². The summed E-state index contributed by atoms with van der Waals surface area (Å²) < 4.78 is 5.51. The third-order valence-electron chi connectivity index (χ3n) is 5.79. The summed E-state index contributed by atoms with van der Waals surface area (Å²) in [4.78, 5) is 31.6. The van der Waals surface area contributed by atoms with Gasteiger partial charge in [0.15, 0.2) is 5.84 Å². The van der Waals surface area contributed by atoms with Crippen LogP contribution in [-0.2, 0) is 26.2 Å². The van der Waals surface area contributed by atoms with Crippen molar-refractivity contribution in [2.24, 2.45) is 10.9 Å². The van der Waals surface area contributed by atoms with Crippen molar-refractivity contribution in [3.63, 3.8) is 0 Å². The molecule has 0 aliphatic carbocycles. The summed E-state index contributed by atoms with van der Waals surface area (Å²) in [5.74, 6) is -0.193. The Bertz CT molecular complexity index is 960. The van der Waals surface area contributed by atoms with E-state index in [1.165, 1.54) is 0 Å². The molecule has 0 radical (unpaired) electrons. The quantitative estimate of drug-likeness (QED) is 0.304. The van der Waals surface area contributed by atoms with Crippen molar-refractivity contribution in [2.45, 2.75) is 57.5 Å². The number of benzene rings is 2. The Kier molecular flexibility index (Phi) is 7.74. The van der Waals surface area contributed by atoms with Gasteiger partial charge in [0.1, 0.15) is 5.60 Å². The van der Waals surface area contributed by atoms with Gasteiger partial charge in [0.25, 0.3) is 0 Å². The Morgan fingerprint density at radius 1 is 1.00 bits per heavy atom. The fourth-order valence-electron chi connectivity index (χ4n) is 3.97. The summed E-state index contributed by atoms with van der Waals surface area (Å²) in [6, 6.07) is 19.5. The van der Waals surface area contributed by atoms with E-state index in [-0.39, 0.29) is 18.3 Å². The number of carbonyl (C=O) groups is 2. The maximum atomic E-state index is 12.5. The van der Waals surface area contributed by atoms with Gasteiger partial charge in [-0.2, -0.15) is 0 Å². The molecule has 1 saturated heterocycles. The van der Waals surface area contributed by atoms with E-state index in [0.717, 1.165) is 11.1 Å². The lowest BCUT2D eigenvalue weighted by molar-refractivity contribution is -0.143. The molecule has 7 heteroatoms. The lowest BCUT2D eigenvalue weighted by atomic mass is 9.72. The third kappa shape index (κ3) is 6.57. The molecule has 2 aromatic carbocycles. The van der Waals surface area contributed by atoms with E-state index in [4.69, 9.17) is 15.3 Å². The summed E-state index contributed by atoms with van der Waals surface area (Å²) in [6.45, 7) is 6.46. The van der Waals surface area contributed by atoms with Gasteiger partial charge in [-0.05, 0) is 51.2 Å². The molecule has 176 valence electrons. The van der Waals surface area contributed by atoms with Crippen LogP contribution in [-0.4, -0.2) is 41.5 Å². The van der Waals surface area contributed by atoms with Crippen LogP contribution in [0, 0.1) is 0 Å². The van der Waals surface area contributed by atoms with Crippen molar-refractivity contribution < 1.29 is 19.2 Å². The van der Waals surface area contributed by atoms with E-state index in [2.05, 4.69) is 5.16 Å². The molecule has 0 bridgehead atoms. The Balaban J connectivity index is 1.69. The highest BCUT2D eigenvalue weighted by atomic mass is 16.7. The lowest BCUT2D eigenvalue weighted by Gasteiger charge is -2.41. The molecule has 2 N–H and O–H groups in total. The summed E-state index contributed by atoms with van der Waals surface area (Å²) in [6.07, 6.45) is 1.54. The van der Waals surface area contributed by atoms with Crippen molar-refractivity contribution in [3.8, 4) is 0 Å². The van der Waals surface area contributed by atoms with Gasteiger partial charge in [-0.3, -0.25) is 0 Å². The molecule has 1 aliphatic rings. The van der Waals surface area contributed by atoms with Gasteiger partial charge in [0.05, 0.1) is 11.8 Å². The predicted octanol–water partition coefficient (Wildman–Crippen LogP) is 4.40. The summed E-state index contributed by atoms with van der Waals surface area (Å²) in [5, 5.41) is 4.05. The number of oxime groups is 1. The number of aryl methyl sites for hydroxylation is 1. The van der Waals surface area contributed by atoms with E-state index >= 15 is 0 Å². The first-order valence-electron chi connectivity index (χ1n) is 11.3. The number of nitrogens with two attached hydrogens (primary N) is 1. The molecule has 33 heavy (non-hydrogen) atoms. The average Bonchev–Trinajstić information content (AvgIpc) is 2.81. The van der Waals surface area contributed by atoms with Crippen molar-refractivity contribution in [1.82, 2.24) is 4.90 Å². The van der Waals surface area contributed by atoms with Gasteiger partial charge in [0, 0.05) is 13.1 Å². The first kappa shape index (κ1) is 24.3. The standard InChI is InChI=1S/C26H33N3O4/c1-25(2,3)32-24(31)29-18-16-26(17-19-29,21-12-8-5-9-13-21)23(27)28-33-22(30)15-14-20-10-6-4-7-11-20/h4-13H,14-19H2,1-3H3,(H2,27,28).